The quantitative estimate of drug-likeness (QED) is 0.588. The fourth-order valence-corrected chi connectivity index (χ4v) is 0.607. The van der Waals surface area contributed by atoms with E-state index in [0.29, 0.717) is 12.8 Å². The maximum Gasteiger partial charge on any atom is 0.0752 e. The van der Waals surface area contributed by atoms with Crippen LogP contribution in [0.5, 0.6) is 0 Å². The number of rotatable bonds is 5. The van der Waals surface area contributed by atoms with E-state index in [4.69, 9.17) is 10.2 Å². The molecule has 0 fully saturated rings. The van der Waals surface area contributed by atoms with Crippen molar-refractivity contribution in [3.63, 3.8) is 0 Å². The smallest absolute Gasteiger partial charge is 0.0752 e. The van der Waals surface area contributed by atoms with Crippen LogP contribution in [0.4, 0.5) is 0 Å². The van der Waals surface area contributed by atoms with Crippen LogP contribution >= 0.6 is 0 Å². The van der Waals surface area contributed by atoms with E-state index < -0.39 is 6.10 Å². The van der Waals surface area contributed by atoms with Crippen LogP contribution in [0.1, 0.15) is 19.8 Å². The van der Waals surface area contributed by atoms with Gasteiger partial charge in [-0.1, -0.05) is 25.2 Å². The van der Waals surface area contributed by atoms with Gasteiger partial charge in [-0.3, -0.25) is 0 Å². The molecule has 0 amide bonds. The summed E-state index contributed by atoms with van der Waals surface area (Å²) in [6.45, 7) is 5.33. The fraction of sp³-hybridized carbons (Fsp3) is 0.556. The van der Waals surface area contributed by atoms with Crippen molar-refractivity contribution in [2.45, 2.75) is 32.0 Å². The molecule has 64 valence electrons. The van der Waals surface area contributed by atoms with E-state index in [1.54, 1.807) is 12.2 Å². The molecule has 2 atom stereocenters. The van der Waals surface area contributed by atoms with Gasteiger partial charge in [0.25, 0.3) is 0 Å². The van der Waals surface area contributed by atoms with Crippen molar-refractivity contribution >= 4 is 0 Å². The molecule has 0 radical (unpaired) electrons. The summed E-state index contributed by atoms with van der Waals surface area (Å²) in [7, 11) is 0. The Balaban J connectivity index is 3.50. The molecule has 0 aromatic carbocycles. The lowest BCUT2D eigenvalue weighted by Crippen LogP contribution is -2.01. The van der Waals surface area contributed by atoms with Crippen LogP contribution in [0.2, 0.25) is 0 Å². The Kier molecular flexibility index (Phi) is 5.80. The molecule has 0 aliphatic carbocycles. The van der Waals surface area contributed by atoms with E-state index >= 15 is 0 Å². The van der Waals surface area contributed by atoms with E-state index in [0.717, 1.165) is 0 Å². The van der Waals surface area contributed by atoms with E-state index in [9.17, 15) is 0 Å². The summed E-state index contributed by atoms with van der Waals surface area (Å²) in [4.78, 5) is 0. The summed E-state index contributed by atoms with van der Waals surface area (Å²) < 4.78 is 0. The van der Waals surface area contributed by atoms with Crippen LogP contribution in [0, 0.1) is 0 Å². The molecule has 0 rings (SSSR count). The van der Waals surface area contributed by atoms with Gasteiger partial charge >= 0.3 is 0 Å². The molecule has 0 saturated heterocycles. The average molecular weight is 156 g/mol. The van der Waals surface area contributed by atoms with Crippen LogP contribution < -0.4 is 0 Å². The molecule has 0 heterocycles. The molecular weight excluding hydrogens is 140 g/mol. The Hall–Kier alpha value is -0.600. The van der Waals surface area contributed by atoms with Crippen molar-refractivity contribution in [3.8, 4) is 0 Å². The van der Waals surface area contributed by atoms with Gasteiger partial charge in [0, 0.05) is 0 Å². The Morgan fingerprint density at radius 2 is 2.00 bits per heavy atom. The first-order chi connectivity index (χ1) is 5.20. The third-order valence-corrected chi connectivity index (χ3v) is 1.43. The van der Waals surface area contributed by atoms with Crippen molar-refractivity contribution in [1.29, 1.82) is 0 Å². The number of aliphatic hydroxyl groups excluding tert-OH is 2. The van der Waals surface area contributed by atoms with Crippen LogP contribution in [0.3, 0.4) is 0 Å². The Morgan fingerprint density at radius 1 is 1.36 bits per heavy atom. The highest BCUT2D eigenvalue weighted by atomic mass is 16.3. The molecule has 0 spiro atoms. The van der Waals surface area contributed by atoms with Gasteiger partial charge in [-0.25, -0.2) is 0 Å². The van der Waals surface area contributed by atoms with Crippen LogP contribution in [0.15, 0.2) is 24.8 Å². The molecule has 0 bridgehead atoms. The van der Waals surface area contributed by atoms with Crippen molar-refractivity contribution < 1.29 is 10.2 Å². The lowest BCUT2D eigenvalue weighted by Gasteiger charge is -2.01. The minimum absolute atomic E-state index is 0.382. The SMILES string of the molecule is C=CC(O)CC=CC(O)CC. The molecule has 2 N–H and O–H groups in total. The van der Waals surface area contributed by atoms with Crippen molar-refractivity contribution in [1.82, 2.24) is 0 Å². The molecule has 0 aromatic heterocycles. The van der Waals surface area contributed by atoms with Crippen molar-refractivity contribution in [2.75, 3.05) is 0 Å². The summed E-state index contributed by atoms with van der Waals surface area (Å²) in [5, 5.41) is 18.0. The molecular formula is C9H16O2. The molecule has 0 aromatic rings. The predicted octanol–water partition coefficient (Wildman–Crippen LogP) is 1.25. The highest BCUT2D eigenvalue weighted by Gasteiger charge is 1.94. The fourth-order valence-electron chi connectivity index (χ4n) is 0.607. The van der Waals surface area contributed by atoms with Crippen LogP contribution in [-0.4, -0.2) is 22.4 Å². The zero-order valence-electron chi connectivity index (χ0n) is 6.90. The average Bonchev–Trinajstić information content (AvgIpc) is 2.04. The van der Waals surface area contributed by atoms with E-state index in [-0.39, 0.29) is 6.10 Å². The predicted molar refractivity (Wildman–Crippen MR) is 46.3 cm³/mol. The zero-order valence-corrected chi connectivity index (χ0v) is 6.90. The normalized spacial score (nSPS) is 16.6. The molecule has 0 aliphatic rings. The molecule has 2 heteroatoms. The summed E-state index contributed by atoms with van der Waals surface area (Å²) in [6.07, 6.45) is 5.29. The van der Waals surface area contributed by atoms with Gasteiger partial charge in [0.15, 0.2) is 0 Å². The lowest BCUT2D eigenvalue weighted by atomic mass is 10.2. The Morgan fingerprint density at radius 3 is 2.45 bits per heavy atom. The van der Waals surface area contributed by atoms with Gasteiger partial charge in [0.05, 0.1) is 12.2 Å². The van der Waals surface area contributed by atoms with Gasteiger partial charge in [0.2, 0.25) is 0 Å². The first-order valence-electron chi connectivity index (χ1n) is 3.86. The van der Waals surface area contributed by atoms with Crippen LogP contribution in [-0.2, 0) is 0 Å². The van der Waals surface area contributed by atoms with Gasteiger partial charge in [-0.2, -0.15) is 0 Å². The summed E-state index contributed by atoms with van der Waals surface area (Å²) in [5.74, 6) is 0. The second-order valence-electron chi connectivity index (χ2n) is 2.44. The highest BCUT2D eigenvalue weighted by molar-refractivity contribution is 4.93. The molecule has 0 saturated carbocycles. The van der Waals surface area contributed by atoms with E-state index in [1.165, 1.54) is 6.08 Å². The standard InChI is InChI=1S/C9H16O2/c1-3-8(10)6-5-7-9(11)4-2/h3,5,7-11H,1,4,6H2,2H3. The number of aliphatic hydroxyl groups is 2. The third kappa shape index (κ3) is 5.83. The first-order valence-corrected chi connectivity index (χ1v) is 3.86. The maximum absolute atomic E-state index is 9.05. The Labute approximate surface area is 67.9 Å². The van der Waals surface area contributed by atoms with Crippen LogP contribution in [0.25, 0.3) is 0 Å². The van der Waals surface area contributed by atoms with Gasteiger partial charge in [0.1, 0.15) is 0 Å². The monoisotopic (exact) mass is 156 g/mol. The minimum atomic E-state index is -0.490. The zero-order chi connectivity index (χ0) is 8.69. The van der Waals surface area contributed by atoms with Gasteiger partial charge < -0.3 is 10.2 Å². The highest BCUT2D eigenvalue weighted by Crippen LogP contribution is 1.97. The number of hydrogen-bond donors (Lipinski definition) is 2. The van der Waals surface area contributed by atoms with Crippen molar-refractivity contribution in [3.05, 3.63) is 24.8 Å². The molecule has 2 unspecified atom stereocenters. The minimum Gasteiger partial charge on any atom is -0.389 e. The molecule has 0 aliphatic heterocycles. The third-order valence-electron chi connectivity index (χ3n) is 1.43. The lowest BCUT2D eigenvalue weighted by molar-refractivity contribution is 0.214. The Bertz CT molecular complexity index is 130. The second kappa shape index (κ2) is 6.13. The summed E-state index contributed by atoms with van der Waals surface area (Å²) >= 11 is 0. The molecule has 2 nitrogen and oxygen atoms in total. The van der Waals surface area contributed by atoms with Gasteiger partial charge in [-0.15, -0.1) is 6.58 Å². The second-order valence-corrected chi connectivity index (χ2v) is 2.44. The van der Waals surface area contributed by atoms with Gasteiger partial charge in [-0.05, 0) is 12.8 Å². The largest absolute Gasteiger partial charge is 0.389 e. The molecule has 11 heavy (non-hydrogen) atoms. The maximum atomic E-state index is 9.05. The van der Waals surface area contributed by atoms with Crippen molar-refractivity contribution in [2.24, 2.45) is 0 Å². The topological polar surface area (TPSA) is 40.5 Å². The first kappa shape index (κ1) is 10.4. The number of hydrogen-bond acceptors (Lipinski definition) is 2. The summed E-state index contributed by atoms with van der Waals surface area (Å²) in [5.41, 5.74) is 0. The summed E-state index contributed by atoms with van der Waals surface area (Å²) in [6, 6.07) is 0. The van der Waals surface area contributed by atoms with E-state index in [1.807, 2.05) is 6.92 Å². The van der Waals surface area contributed by atoms with E-state index in [2.05, 4.69) is 6.58 Å².